The van der Waals surface area contributed by atoms with Gasteiger partial charge in [-0.2, -0.15) is 0 Å². The Morgan fingerprint density at radius 1 is 1.52 bits per heavy atom. The van der Waals surface area contributed by atoms with Crippen molar-refractivity contribution in [2.24, 2.45) is 0 Å². The number of nitrogens with zero attached hydrogens (tertiary/aromatic N) is 3. The van der Waals surface area contributed by atoms with Crippen molar-refractivity contribution in [3.63, 3.8) is 0 Å². The van der Waals surface area contributed by atoms with Gasteiger partial charge < -0.3 is 14.9 Å². The van der Waals surface area contributed by atoms with Crippen LogP contribution in [0.25, 0.3) is 0 Å². The van der Waals surface area contributed by atoms with Crippen molar-refractivity contribution in [1.29, 1.82) is 0 Å². The molecule has 0 aliphatic carbocycles. The first-order chi connectivity index (χ1) is 9.93. The highest BCUT2D eigenvalue weighted by molar-refractivity contribution is 7.17. The van der Waals surface area contributed by atoms with Gasteiger partial charge in [0.2, 0.25) is 0 Å². The van der Waals surface area contributed by atoms with Crippen molar-refractivity contribution in [1.82, 2.24) is 9.88 Å². The highest BCUT2D eigenvalue weighted by Gasteiger charge is 2.27. The fourth-order valence-electron chi connectivity index (χ4n) is 2.78. The summed E-state index contributed by atoms with van der Waals surface area (Å²) in [5.41, 5.74) is 0.745. The standard InChI is InChI=1S/C15H25N3O2S/c1-5-10(2)12-13(14(19)20)21-15(16-12)18-8-6-7-17(4)9-11(18)3/h10-11H,5-9H2,1-4H3,(H,19,20). The maximum absolute atomic E-state index is 11.5. The Kier molecular flexibility index (Phi) is 5.22. The smallest absolute Gasteiger partial charge is 0.347 e. The number of aromatic carboxylic acids is 1. The van der Waals surface area contributed by atoms with Crippen molar-refractivity contribution in [2.45, 2.75) is 45.6 Å². The van der Waals surface area contributed by atoms with Crippen LogP contribution in [-0.4, -0.2) is 53.7 Å². The van der Waals surface area contributed by atoms with Gasteiger partial charge in [-0.15, -0.1) is 0 Å². The van der Waals surface area contributed by atoms with Crippen LogP contribution in [0.5, 0.6) is 0 Å². The van der Waals surface area contributed by atoms with Crippen LogP contribution < -0.4 is 4.90 Å². The van der Waals surface area contributed by atoms with Gasteiger partial charge in [0, 0.05) is 19.1 Å². The minimum atomic E-state index is -0.853. The summed E-state index contributed by atoms with van der Waals surface area (Å²) in [6.45, 7) is 9.31. The zero-order valence-corrected chi connectivity index (χ0v) is 14.1. The molecule has 2 heterocycles. The summed E-state index contributed by atoms with van der Waals surface area (Å²) < 4.78 is 0. The lowest BCUT2D eigenvalue weighted by Gasteiger charge is -2.27. The largest absolute Gasteiger partial charge is 0.477 e. The Morgan fingerprint density at radius 2 is 2.24 bits per heavy atom. The van der Waals surface area contributed by atoms with Crippen molar-refractivity contribution in [2.75, 3.05) is 31.6 Å². The van der Waals surface area contributed by atoms with Gasteiger partial charge in [-0.1, -0.05) is 25.2 Å². The molecule has 0 aromatic carbocycles. The van der Waals surface area contributed by atoms with E-state index in [0.29, 0.717) is 10.9 Å². The Hall–Kier alpha value is -1.14. The molecule has 118 valence electrons. The fourth-order valence-corrected chi connectivity index (χ4v) is 3.93. The lowest BCUT2D eigenvalue weighted by Crippen LogP contribution is -2.37. The Bertz CT molecular complexity index is 503. The third kappa shape index (κ3) is 3.55. The molecule has 1 aromatic rings. The molecule has 0 bridgehead atoms. The first-order valence-electron chi connectivity index (χ1n) is 7.63. The molecular formula is C15H25N3O2S. The summed E-state index contributed by atoms with van der Waals surface area (Å²) in [5.74, 6) is -0.667. The SMILES string of the molecule is CCC(C)c1nc(N2CCCN(C)CC2C)sc1C(=O)O. The van der Waals surface area contributed by atoms with Gasteiger partial charge in [-0.05, 0) is 39.3 Å². The number of carboxylic acid groups (broad SMARTS) is 1. The van der Waals surface area contributed by atoms with E-state index in [1.807, 2.05) is 6.92 Å². The highest BCUT2D eigenvalue weighted by atomic mass is 32.1. The summed E-state index contributed by atoms with van der Waals surface area (Å²) in [4.78, 5) is 21.2. The predicted molar refractivity (Wildman–Crippen MR) is 86.7 cm³/mol. The molecule has 2 unspecified atom stereocenters. The number of carboxylic acids is 1. The van der Waals surface area contributed by atoms with Crippen LogP contribution >= 0.6 is 11.3 Å². The maximum Gasteiger partial charge on any atom is 0.347 e. The van der Waals surface area contributed by atoms with E-state index in [-0.39, 0.29) is 5.92 Å². The molecule has 5 nitrogen and oxygen atoms in total. The summed E-state index contributed by atoms with van der Waals surface area (Å²) in [7, 11) is 2.13. The Morgan fingerprint density at radius 3 is 2.86 bits per heavy atom. The molecule has 0 amide bonds. The second-order valence-electron chi connectivity index (χ2n) is 5.98. The monoisotopic (exact) mass is 311 g/mol. The van der Waals surface area contributed by atoms with E-state index < -0.39 is 5.97 Å². The quantitative estimate of drug-likeness (QED) is 0.926. The minimum Gasteiger partial charge on any atom is -0.477 e. The van der Waals surface area contributed by atoms with E-state index in [2.05, 4.69) is 35.7 Å². The molecule has 1 fully saturated rings. The first kappa shape index (κ1) is 16.2. The number of rotatable bonds is 4. The van der Waals surface area contributed by atoms with Crippen LogP contribution in [0, 0.1) is 0 Å². The molecule has 0 saturated carbocycles. The molecule has 21 heavy (non-hydrogen) atoms. The van der Waals surface area contributed by atoms with Gasteiger partial charge in [0.15, 0.2) is 5.13 Å². The van der Waals surface area contributed by atoms with E-state index in [1.54, 1.807) is 0 Å². The molecule has 1 aromatic heterocycles. The maximum atomic E-state index is 11.5. The lowest BCUT2D eigenvalue weighted by molar-refractivity contribution is 0.0700. The summed E-state index contributed by atoms with van der Waals surface area (Å²) in [5, 5.41) is 10.3. The third-order valence-corrected chi connectivity index (χ3v) is 5.30. The fraction of sp³-hybridized carbons (Fsp3) is 0.733. The summed E-state index contributed by atoms with van der Waals surface area (Å²) >= 11 is 1.33. The summed E-state index contributed by atoms with van der Waals surface area (Å²) in [6.07, 6.45) is 1.99. The average molecular weight is 311 g/mol. The van der Waals surface area contributed by atoms with Crippen LogP contribution in [0.15, 0.2) is 0 Å². The molecule has 2 atom stereocenters. The van der Waals surface area contributed by atoms with Gasteiger partial charge in [-0.25, -0.2) is 9.78 Å². The van der Waals surface area contributed by atoms with Gasteiger partial charge in [0.05, 0.1) is 5.69 Å². The molecule has 0 radical (unpaired) electrons. The number of thiazole rings is 1. The van der Waals surface area contributed by atoms with Gasteiger partial charge in [0.1, 0.15) is 4.88 Å². The van der Waals surface area contributed by atoms with Crippen molar-refractivity contribution >= 4 is 22.4 Å². The number of hydrogen-bond donors (Lipinski definition) is 1. The van der Waals surface area contributed by atoms with Gasteiger partial charge in [0.25, 0.3) is 0 Å². The van der Waals surface area contributed by atoms with Crippen LogP contribution in [0.3, 0.4) is 0 Å². The van der Waals surface area contributed by atoms with Crippen molar-refractivity contribution in [3.8, 4) is 0 Å². The number of carbonyl (C=O) groups is 1. The highest BCUT2D eigenvalue weighted by Crippen LogP contribution is 2.33. The van der Waals surface area contributed by atoms with Crippen molar-refractivity contribution < 1.29 is 9.90 Å². The average Bonchev–Trinajstić information content (AvgIpc) is 2.80. The molecule has 1 saturated heterocycles. The minimum absolute atomic E-state index is 0.186. The molecule has 1 aliphatic rings. The zero-order chi connectivity index (χ0) is 15.6. The second-order valence-corrected chi connectivity index (χ2v) is 6.96. The molecule has 6 heteroatoms. The topological polar surface area (TPSA) is 56.7 Å². The molecular weight excluding hydrogens is 286 g/mol. The third-order valence-electron chi connectivity index (χ3n) is 4.21. The summed E-state index contributed by atoms with van der Waals surface area (Å²) in [6, 6.07) is 0.357. The Balaban J connectivity index is 2.33. The van der Waals surface area contributed by atoms with Gasteiger partial charge >= 0.3 is 5.97 Å². The van der Waals surface area contributed by atoms with Crippen LogP contribution in [0.2, 0.25) is 0 Å². The first-order valence-corrected chi connectivity index (χ1v) is 8.44. The van der Waals surface area contributed by atoms with Crippen LogP contribution in [0.1, 0.15) is 54.9 Å². The number of aromatic nitrogens is 1. The lowest BCUT2D eigenvalue weighted by atomic mass is 10.0. The van der Waals surface area contributed by atoms with E-state index in [1.165, 1.54) is 11.3 Å². The number of hydrogen-bond acceptors (Lipinski definition) is 5. The van der Waals surface area contributed by atoms with Crippen LogP contribution in [0.4, 0.5) is 5.13 Å². The molecule has 2 rings (SSSR count). The van der Waals surface area contributed by atoms with E-state index in [9.17, 15) is 9.90 Å². The van der Waals surface area contributed by atoms with E-state index >= 15 is 0 Å². The molecule has 1 aliphatic heterocycles. The molecule has 1 N–H and O–H groups in total. The van der Waals surface area contributed by atoms with Crippen molar-refractivity contribution in [3.05, 3.63) is 10.6 Å². The van der Waals surface area contributed by atoms with E-state index in [4.69, 9.17) is 0 Å². The number of anilines is 1. The predicted octanol–water partition coefficient (Wildman–Crippen LogP) is 2.89. The van der Waals surface area contributed by atoms with E-state index in [0.717, 1.165) is 43.3 Å². The second kappa shape index (κ2) is 6.75. The normalized spacial score (nSPS) is 22.1. The number of likely N-dealkylation sites (N-methyl/N-ethyl adjacent to an activating group) is 1. The van der Waals surface area contributed by atoms with Crippen LogP contribution in [-0.2, 0) is 0 Å². The Labute approximate surface area is 130 Å². The zero-order valence-electron chi connectivity index (χ0n) is 13.3. The molecule has 0 spiro atoms. The van der Waals surface area contributed by atoms with Gasteiger partial charge in [-0.3, -0.25) is 0 Å².